The highest BCUT2D eigenvalue weighted by Gasteiger charge is 2.16. The molecule has 0 saturated carbocycles. The van der Waals surface area contributed by atoms with E-state index < -0.39 is 0 Å². The molecule has 0 aliphatic carbocycles. The van der Waals surface area contributed by atoms with Crippen LogP contribution in [-0.2, 0) is 0 Å². The number of hydrogen-bond donors (Lipinski definition) is 1. The van der Waals surface area contributed by atoms with Crippen molar-refractivity contribution in [2.75, 3.05) is 18.5 Å². The van der Waals surface area contributed by atoms with Crippen LogP contribution in [-0.4, -0.2) is 30.4 Å². The van der Waals surface area contributed by atoms with E-state index in [1.807, 2.05) is 30.3 Å². The molecule has 24 heavy (non-hydrogen) atoms. The molecule has 126 valence electrons. The number of aromatic nitrogens is 1. The van der Waals surface area contributed by atoms with E-state index in [0.717, 1.165) is 24.9 Å². The van der Waals surface area contributed by atoms with Gasteiger partial charge >= 0.3 is 0 Å². The number of pyridine rings is 1. The van der Waals surface area contributed by atoms with Crippen LogP contribution in [0.15, 0.2) is 48.7 Å². The van der Waals surface area contributed by atoms with Crippen LogP contribution >= 0.6 is 0 Å². The fourth-order valence-electron chi connectivity index (χ4n) is 2.31. The van der Waals surface area contributed by atoms with Crippen LogP contribution < -0.4 is 10.2 Å². The predicted octanol–water partition coefficient (Wildman–Crippen LogP) is 3.28. The first-order valence-electron chi connectivity index (χ1n) is 8.21. The van der Waals surface area contributed by atoms with Crippen LogP contribution in [0.2, 0.25) is 0 Å². The quantitative estimate of drug-likeness (QED) is 0.795. The molecule has 1 heterocycles. The fraction of sp³-hybridized carbons (Fsp3) is 0.316. The van der Waals surface area contributed by atoms with Gasteiger partial charge in [0.1, 0.15) is 5.69 Å². The van der Waals surface area contributed by atoms with E-state index in [1.54, 1.807) is 13.1 Å². The maximum absolute atomic E-state index is 12.6. The third kappa shape index (κ3) is 4.65. The maximum Gasteiger partial charge on any atom is 0.276 e. The Morgan fingerprint density at radius 3 is 2.58 bits per heavy atom. The molecule has 0 fully saturated rings. The van der Waals surface area contributed by atoms with Crippen molar-refractivity contribution in [3.63, 3.8) is 0 Å². The normalized spacial score (nSPS) is 10.2. The summed E-state index contributed by atoms with van der Waals surface area (Å²) >= 11 is 0. The van der Waals surface area contributed by atoms with Gasteiger partial charge in [-0.15, -0.1) is 0 Å². The van der Waals surface area contributed by atoms with Gasteiger partial charge in [0.15, 0.2) is 0 Å². The number of anilines is 1. The molecule has 1 N–H and O–H groups in total. The zero-order valence-electron chi connectivity index (χ0n) is 14.2. The van der Waals surface area contributed by atoms with E-state index in [9.17, 15) is 9.59 Å². The Labute approximate surface area is 142 Å². The molecule has 5 nitrogen and oxygen atoms in total. The molecule has 0 aliphatic rings. The molecule has 1 aromatic carbocycles. The number of para-hydroxylation sites is 1. The topological polar surface area (TPSA) is 62.3 Å². The van der Waals surface area contributed by atoms with Gasteiger partial charge in [-0.05, 0) is 30.7 Å². The lowest BCUT2D eigenvalue weighted by atomic mass is 10.2. The second kappa shape index (κ2) is 8.82. The summed E-state index contributed by atoms with van der Waals surface area (Å²) in [6, 6.07) is 12.5. The number of nitrogens with zero attached hydrogens (tertiary/aromatic N) is 2. The van der Waals surface area contributed by atoms with Crippen molar-refractivity contribution in [2.45, 2.75) is 26.2 Å². The van der Waals surface area contributed by atoms with Crippen LogP contribution in [0.5, 0.6) is 0 Å². The lowest BCUT2D eigenvalue weighted by molar-refractivity contribution is 0.0953. The van der Waals surface area contributed by atoms with Crippen molar-refractivity contribution < 1.29 is 9.59 Å². The van der Waals surface area contributed by atoms with E-state index in [0.29, 0.717) is 12.1 Å². The predicted molar refractivity (Wildman–Crippen MR) is 95.3 cm³/mol. The molecule has 0 aliphatic heterocycles. The molecular formula is C19H23N3O2. The second-order valence-electron chi connectivity index (χ2n) is 5.59. The molecule has 0 radical (unpaired) electrons. The summed E-state index contributed by atoms with van der Waals surface area (Å²) in [5.41, 5.74) is 1.48. The van der Waals surface area contributed by atoms with Crippen LogP contribution in [0.25, 0.3) is 0 Å². The molecule has 0 unspecified atom stereocenters. The molecule has 5 heteroatoms. The van der Waals surface area contributed by atoms with Crippen LogP contribution in [0.3, 0.4) is 0 Å². The summed E-state index contributed by atoms with van der Waals surface area (Å²) in [7, 11) is 1.69. The standard InChI is InChI=1S/C19H23N3O2/c1-3-4-8-12-21-18(23)15-11-13-20-17(14-15)19(24)22(2)16-9-6-5-7-10-16/h5-7,9-11,13-14H,3-4,8,12H2,1-2H3,(H,21,23). The molecule has 0 spiro atoms. The minimum absolute atomic E-state index is 0.176. The highest BCUT2D eigenvalue weighted by Crippen LogP contribution is 2.14. The Kier molecular flexibility index (Phi) is 6.49. The van der Waals surface area contributed by atoms with Crippen molar-refractivity contribution in [3.8, 4) is 0 Å². The average Bonchev–Trinajstić information content (AvgIpc) is 2.64. The molecular weight excluding hydrogens is 302 g/mol. The minimum Gasteiger partial charge on any atom is -0.352 e. The zero-order chi connectivity index (χ0) is 17.4. The second-order valence-corrected chi connectivity index (χ2v) is 5.59. The van der Waals surface area contributed by atoms with E-state index in [1.165, 1.54) is 17.2 Å². The summed E-state index contributed by atoms with van der Waals surface area (Å²) in [5.74, 6) is -0.424. The zero-order valence-corrected chi connectivity index (χ0v) is 14.2. The molecule has 0 saturated heterocycles. The Morgan fingerprint density at radius 2 is 1.88 bits per heavy atom. The molecule has 0 atom stereocenters. The van der Waals surface area contributed by atoms with Gasteiger partial charge in [-0.3, -0.25) is 14.6 Å². The Hall–Kier alpha value is -2.69. The van der Waals surface area contributed by atoms with Crippen molar-refractivity contribution in [1.29, 1.82) is 0 Å². The number of carbonyl (C=O) groups excluding carboxylic acids is 2. The summed E-state index contributed by atoms with van der Waals surface area (Å²) < 4.78 is 0. The molecule has 1 aromatic heterocycles. The number of carbonyl (C=O) groups is 2. The SMILES string of the molecule is CCCCCNC(=O)c1ccnc(C(=O)N(C)c2ccccc2)c1. The highest BCUT2D eigenvalue weighted by atomic mass is 16.2. The van der Waals surface area contributed by atoms with Gasteiger partial charge in [0.2, 0.25) is 0 Å². The molecule has 2 rings (SSSR count). The van der Waals surface area contributed by atoms with E-state index >= 15 is 0 Å². The largest absolute Gasteiger partial charge is 0.352 e. The third-order valence-corrected chi connectivity index (χ3v) is 3.76. The van der Waals surface area contributed by atoms with Crippen LogP contribution in [0, 0.1) is 0 Å². The number of nitrogens with one attached hydrogen (secondary N) is 1. The lowest BCUT2D eigenvalue weighted by Crippen LogP contribution is -2.28. The molecule has 2 amide bonds. The smallest absolute Gasteiger partial charge is 0.276 e. The molecule has 2 aromatic rings. The fourth-order valence-corrected chi connectivity index (χ4v) is 2.31. The van der Waals surface area contributed by atoms with E-state index in [2.05, 4.69) is 17.2 Å². The monoisotopic (exact) mass is 325 g/mol. The van der Waals surface area contributed by atoms with Crippen LogP contribution in [0.1, 0.15) is 47.0 Å². The summed E-state index contributed by atoms with van der Waals surface area (Å²) in [6.07, 6.45) is 4.64. The van der Waals surface area contributed by atoms with E-state index in [-0.39, 0.29) is 17.5 Å². The van der Waals surface area contributed by atoms with Crippen molar-refractivity contribution in [3.05, 3.63) is 59.9 Å². The number of amides is 2. The van der Waals surface area contributed by atoms with Gasteiger partial charge in [-0.2, -0.15) is 0 Å². The number of benzene rings is 1. The number of hydrogen-bond acceptors (Lipinski definition) is 3. The number of rotatable bonds is 7. The van der Waals surface area contributed by atoms with E-state index in [4.69, 9.17) is 0 Å². The maximum atomic E-state index is 12.6. The summed E-state index contributed by atoms with van der Waals surface area (Å²) in [6.45, 7) is 2.76. The van der Waals surface area contributed by atoms with Gasteiger partial charge in [-0.25, -0.2) is 0 Å². The van der Waals surface area contributed by atoms with Crippen LogP contribution in [0.4, 0.5) is 5.69 Å². The van der Waals surface area contributed by atoms with Crippen molar-refractivity contribution >= 4 is 17.5 Å². The lowest BCUT2D eigenvalue weighted by Gasteiger charge is -2.17. The van der Waals surface area contributed by atoms with Gasteiger partial charge in [0.25, 0.3) is 11.8 Å². The first-order valence-corrected chi connectivity index (χ1v) is 8.21. The third-order valence-electron chi connectivity index (χ3n) is 3.76. The molecule has 0 bridgehead atoms. The first-order chi connectivity index (χ1) is 11.6. The Morgan fingerprint density at radius 1 is 1.12 bits per heavy atom. The number of unbranched alkanes of at least 4 members (excludes halogenated alkanes) is 2. The van der Waals surface area contributed by atoms with Crippen molar-refractivity contribution in [2.24, 2.45) is 0 Å². The van der Waals surface area contributed by atoms with Gasteiger partial charge < -0.3 is 10.2 Å². The van der Waals surface area contributed by atoms with Gasteiger partial charge in [0.05, 0.1) is 0 Å². The first kappa shape index (κ1) is 17.7. The van der Waals surface area contributed by atoms with Crippen molar-refractivity contribution in [1.82, 2.24) is 10.3 Å². The average molecular weight is 325 g/mol. The highest BCUT2D eigenvalue weighted by molar-refractivity contribution is 6.06. The minimum atomic E-state index is -0.248. The summed E-state index contributed by atoms with van der Waals surface area (Å²) in [5, 5.41) is 2.87. The van der Waals surface area contributed by atoms with Gasteiger partial charge in [0, 0.05) is 31.0 Å². The van der Waals surface area contributed by atoms with Gasteiger partial charge in [-0.1, -0.05) is 38.0 Å². The summed E-state index contributed by atoms with van der Waals surface area (Å²) in [4.78, 5) is 30.3. The Bertz CT molecular complexity index is 686. The Balaban J connectivity index is 2.06.